The largest absolute Gasteiger partial charge is 0.371 e. The van der Waals surface area contributed by atoms with Crippen LogP contribution in [-0.4, -0.2) is 19.4 Å². The zero-order valence-corrected chi connectivity index (χ0v) is 7.87. The van der Waals surface area contributed by atoms with Crippen LogP contribution in [0.25, 0.3) is 0 Å². The molecule has 1 aromatic rings. The van der Waals surface area contributed by atoms with Crippen molar-refractivity contribution in [2.24, 2.45) is 0 Å². The van der Waals surface area contributed by atoms with Crippen molar-refractivity contribution in [1.29, 1.82) is 0 Å². The van der Waals surface area contributed by atoms with Gasteiger partial charge in [-0.2, -0.15) is 0 Å². The van der Waals surface area contributed by atoms with Crippen LogP contribution in [0, 0.1) is 5.82 Å². The highest BCUT2D eigenvalue weighted by molar-refractivity contribution is 5.84. The molecule has 0 aliphatic carbocycles. The van der Waals surface area contributed by atoms with Gasteiger partial charge in [-0.1, -0.05) is 0 Å². The first kappa shape index (κ1) is 9.19. The molecule has 0 atom stereocenters. The molecule has 14 heavy (non-hydrogen) atoms. The minimum absolute atomic E-state index is 0.352. The van der Waals surface area contributed by atoms with Gasteiger partial charge >= 0.3 is 0 Å². The third kappa shape index (κ3) is 1.62. The first-order valence-electron chi connectivity index (χ1n) is 4.81. The summed E-state index contributed by atoms with van der Waals surface area (Å²) in [6.07, 6.45) is 3.02. The zero-order chi connectivity index (χ0) is 9.97. The monoisotopic (exact) mass is 193 g/mol. The van der Waals surface area contributed by atoms with Gasteiger partial charge in [-0.05, 0) is 31.0 Å². The van der Waals surface area contributed by atoms with E-state index in [0.717, 1.165) is 37.9 Å². The van der Waals surface area contributed by atoms with Crippen LogP contribution >= 0.6 is 0 Å². The Kier molecular flexibility index (Phi) is 2.48. The maximum absolute atomic E-state index is 12.8. The summed E-state index contributed by atoms with van der Waals surface area (Å²) in [6, 6.07) is 4.38. The summed E-state index contributed by atoms with van der Waals surface area (Å²) in [7, 11) is 0. The van der Waals surface area contributed by atoms with E-state index >= 15 is 0 Å². The van der Waals surface area contributed by atoms with E-state index in [0.29, 0.717) is 5.56 Å². The van der Waals surface area contributed by atoms with Crippen LogP contribution in [-0.2, 0) is 0 Å². The van der Waals surface area contributed by atoms with E-state index in [-0.39, 0.29) is 5.82 Å². The number of benzene rings is 1. The van der Waals surface area contributed by atoms with Crippen molar-refractivity contribution in [2.45, 2.75) is 12.8 Å². The van der Waals surface area contributed by atoms with Crippen molar-refractivity contribution in [3.63, 3.8) is 0 Å². The second-order valence-corrected chi connectivity index (χ2v) is 3.52. The summed E-state index contributed by atoms with van der Waals surface area (Å²) in [5.74, 6) is -0.352. The quantitative estimate of drug-likeness (QED) is 0.671. The average molecular weight is 193 g/mol. The van der Waals surface area contributed by atoms with Gasteiger partial charge in [0.15, 0.2) is 6.29 Å². The van der Waals surface area contributed by atoms with E-state index in [1.807, 2.05) is 0 Å². The second-order valence-electron chi connectivity index (χ2n) is 3.52. The predicted molar refractivity (Wildman–Crippen MR) is 53.2 cm³/mol. The maximum atomic E-state index is 12.8. The number of nitrogens with zero attached hydrogens (tertiary/aromatic N) is 1. The molecule has 0 spiro atoms. The topological polar surface area (TPSA) is 20.3 Å². The van der Waals surface area contributed by atoms with Gasteiger partial charge in [-0.15, -0.1) is 0 Å². The van der Waals surface area contributed by atoms with Gasteiger partial charge in [0.1, 0.15) is 5.82 Å². The Bertz CT molecular complexity index is 345. The fourth-order valence-electron chi connectivity index (χ4n) is 1.87. The van der Waals surface area contributed by atoms with E-state index in [1.54, 1.807) is 6.07 Å². The Morgan fingerprint density at radius 2 is 2.00 bits per heavy atom. The molecule has 1 heterocycles. The molecule has 0 bridgehead atoms. The predicted octanol–water partition coefficient (Wildman–Crippen LogP) is 2.24. The summed E-state index contributed by atoms with van der Waals surface area (Å²) < 4.78 is 12.8. The highest BCUT2D eigenvalue weighted by Gasteiger charge is 2.15. The van der Waals surface area contributed by atoms with Crippen LogP contribution in [0.5, 0.6) is 0 Å². The van der Waals surface area contributed by atoms with Crippen molar-refractivity contribution in [1.82, 2.24) is 0 Å². The lowest BCUT2D eigenvalue weighted by Gasteiger charge is -2.19. The summed E-state index contributed by atoms with van der Waals surface area (Å²) in [4.78, 5) is 12.9. The van der Waals surface area contributed by atoms with Gasteiger partial charge < -0.3 is 4.90 Å². The normalized spacial score (nSPS) is 15.9. The molecule has 1 saturated heterocycles. The van der Waals surface area contributed by atoms with Crippen molar-refractivity contribution in [3.05, 3.63) is 29.6 Å². The molecule has 1 fully saturated rings. The average Bonchev–Trinajstić information content (AvgIpc) is 2.70. The van der Waals surface area contributed by atoms with Crippen LogP contribution in [0.1, 0.15) is 23.2 Å². The number of carbonyl (C=O) groups excluding carboxylic acids is 1. The Balaban J connectivity index is 2.35. The molecule has 0 unspecified atom stereocenters. The van der Waals surface area contributed by atoms with Crippen LogP contribution in [0.3, 0.4) is 0 Å². The van der Waals surface area contributed by atoms with Gasteiger partial charge in [0.25, 0.3) is 0 Å². The third-order valence-electron chi connectivity index (χ3n) is 2.56. The molecule has 0 radical (unpaired) electrons. The second kappa shape index (κ2) is 3.78. The minimum atomic E-state index is -0.352. The SMILES string of the molecule is O=Cc1cc(F)ccc1N1CCCC1. The lowest BCUT2D eigenvalue weighted by molar-refractivity contribution is 0.112. The first-order valence-corrected chi connectivity index (χ1v) is 4.81. The van der Waals surface area contributed by atoms with E-state index < -0.39 is 0 Å². The van der Waals surface area contributed by atoms with Gasteiger partial charge in [-0.3, -0.25) is 4.79 Å². The summed E-state index contributed by atoms with van der Waals surface area (Å²) in [5, 5.41) is 0. The number of carbonyl (C=O) groups is 1. The van der Waals surface area contributed by atoms with Crippen LogP contribution in [0.2, 0.25) is 0 Å². The third-order valence-corrected chi connectivity index (χ3v) is 2.56. The molecule has 1 aromatic carbocycles. The smallest absolute Gasteiger partial charge is 0.152 e. The van der Waals surface area contributed by atoms with E-state index in [1.165, 1.54) is 12.1 Å². The Labute approximate surface area is 82.3 Å². The molecule has 0 aromatic heterocycles. The Morgan fingerprint density at radius 1 is 1.29 bits per heavy atom. The van der Waals surface area contributed by atoms with Crippen molar-refractivity contribution >= 4 is 12.0 Å². The molecule has 3 heteroatoms. The number of rotatable bonds is 2. The number of hydrogen-bond acceptors (Lipinski definition) is 2. The maximum Gasteiger partial charge on any atom is 0.152 e. The van der Waals surface area contributed by atoms with Crippen LogP contribution < -0.4 is 4.90 Å². The fourth-order valence-corrected chi connectivity index (χ4v) is 1.87. The van der Waals surface area contributed by atoms with E-state index in [9.17, 15) is 9.18 Å². The van der Waals surface area contributed by atoms with Gasteiger partial charge in [0.05, 0.1) is 0 Å². The number of anilines is 1. The van der Waals surface area contributed by atoms with E-state index in [4.69, 9.17) is 0 Å². The standard InChI is InChI=1S/C11H12FNO/c12-10-3-4-11(9(7-10)8-14)13-5-1-2-6-13/h3-4,7-8H,1-2,5-6H2. The van der Waals surface area contributed by atoms with Crippen LogP contribution in [0.15, 0.2) is 18.2 Å². The number of halogens is 1. The molecule has 1 aliphatic rings. The molecule has 0 amide bonds. The summed E-state index contributed by atoms with van der Waals surface area (Å²) in [6.45, 7) is 1.93. The molecule has 2 rings (SSSR count). The van der Waals surface area contributed by atoms with Crippen molar-refractivity contribution in [3.8, 4) is 0 Å². The fraction of sp³-hybridized carbons (Fsp3) is 0.364. The first-order chi connectivity index (χ1) is 6.81. The molecular weight excluding hydrogens is 181 g/mol. The lowest BCUT2D eigenvalue weighted by Crippen LogP contribution is -2.19. The van der Waals surface area contributed by atoms with Gasteiger partial charge in [-0.25, -0.2) is 4.39 Å². The van der Waals surface area contributed by atoms with Gasteiger partial charge in [0, 0.05) is 24.3 Å². The summed E-state index contributed by atoms with van der Waals surface area (Å²) in [5.41, 5.74) is 1.31. The highest BCUT2D eigenvalue weighted by atomic mass is 19.1. The van der Waals surface area contributed by atoms with Gasteiger partial charge in [0.2, 0.25) is 0 Å². The van der Waals surface area contributed by atoms with E-state index in [2.05, 4.69) is 4.90 Å². The number of hydrogen-bond donors (Lipinski definition) is 0. The summed E-state index contributed by atoms with van der Waals surface area (Å²) >= 11 is 0. The van der Waals surface area contributed by atoms with Crippen molar-refractivity contribution in [2.75, 3.05) is 18.0 Å². The minimum Gasteiger partial charge on any atom is -0.371 e. The molecule has 1 aliphatic heterocycles. The number of aldehydes is 1. The molecule has 0 saturated carbocycles. The lowest BCUT2D eigenvalue weighted by atomic mass is 10.2. The molecule has 2 nitrogen and oxygen atoms in total. The molecule has 74 valence electrons. The molecular formula is C11H12FNO. The Hall–Kier alpha value is -1.38. The highest BCUT2D eigenvalue weighted by Crippen LogP contribution is 2.23. The molecule has 0 N–H and O–H groups in total. The zero-order valence-electron chi connectivity index (χ0n) is 7.87. The Morgan fingerprint density at radius 3 is 2.64 bits per heavy atom. The van der Waals surface area contributed by atoms with Crippen LogP contribution in [0.4, 0.5) is 10.1 Å². The van der Waals surface area contributed by atoms with Crippen molar-refractivity contribution < 1.29 is 9.18 Å².